The minimum atomic E-state index is -0.163. The fraction of sp³-hybridized carbons (Fsp3) is 0.462. The van der Waals surface area contributed by atoms with Crippen LogP contribution >= 0.6 is 12.4 Å². The van der Waals surface area contributed by atoms with E-state index in [-0.39, 0.29) is 24.4 Å². The van der Waals surface area contributed by atoms with Crippen molar-refractivity contribution < 1.29 is 4.79 Å². The van der Waals surface area contributed by atoms with E-state index in [2.05, 4.69) is 15.4 Å². The predicted octanol–water partition coefficient (Wildman–Crippen LogP) is 0.927. The molecule has 1 amide bonds. The molecule has 0 spiro atoms. The van der Waals surface area contributed by atoms with E-state index >= 15 is 0 Å². The van der Waals surface area contributed by atoms with Gasteiger partial charge in [-0.2, -0.15) is 5.10 Å². The first-order valence-corrected chi connectivity index (χ1v) is 6.50. The van der Waals surface area contributed by atoms with Crippen LogP contribution in [-0.4, -0.2) is 33.1 Å². The van der Waals surface area contributed by atoms with Gasteiger partial charge in [-0.05, 0) is 31.7 Å². The van der Waals surface area contributed by atoms with Gasteiger partial charge in [0.25, 0.3) is 5.91 Å². The summed E-state index contributed by atoms with van der Waals surface area (Å²) in [6.45, 7) is 2.39. The van der Waals surface area contributed by atoms with Crippen LogP contribution in [0.25, 0.3) is 5.65 Å². The van der Waals surface area contributed by atoms with E-state index in [9.17, 15) is 4.79 Å². The van der Waals surface area contributed by atoms with E-state index in [1.165, 1.54) is 12.8 Å². The number of nitrogens with one attached hydrogen (secondary N) is 1. The van der Waals surface area contributed by atoms with Gasteiger partial charge in [0.1, 0.15) is 5.56 Å². The Hall–Kier alpha value is -1.66. The highest BCUT2D eigenvalue weighted by Crippen LogP contribution is 2.31. The molecule has 1 unspecified atom stereocenters. The average molecular weight is 296 g/mol. The van der Waals surface area contributed by atoms with Gasteiger partial charge in [-0.3, -0.25) is 4.79 Å². The molecule has 2 aromatic heterocycles. The molecule has 20 heavy (non-hydrogen) atoms. The Balaban J connectivity index is 0.00000147. The van der Waals surface area contributed by atoms with E-state index in [0.717, 1.165) is 5.69 Å². The molecule has 1 aliphatic carbocycles. The lowest BCUT2D eigenvalue weighted by atomic mass is 10.2. The molecule has 2 aromatic rings. The number of halogens is 1. The zero-order valence-electron chi connectivity index (χ0n) is 11.2. The third-order valence-corrected chi connectivity index (χ3v) is 3.48. The molecule has 0 saturated heterocycles. The van der Waals surface area contributed by atoms with E-state index in [1.54, 1.807) is 16.9 Å². The second kappa shape index (κ2) is 5.76. The summed E-state index contributed by atoms with van der Waals surface area (Å²) >= 11 is 0. The van der Waals surface area contributed by atoms with Crippen LogP contribution in [0.3, 0.4) is 0 Å². The molecule has 6 nitrogen and oxygen atoms in total. The van der Waals surface area contributed by atoms with Crippen molar-refractivity contribution in [1.82, 2.24) is 19.9 Å². The molecule has 1 aliphatic rings. The van der Waals surface area contributed by atoms with Gasteiger partial charge in [0.2, 0.25) is 0 Å². The Morgan fingerprint density at radius 2 is 2.35 bits per heavy atom. The fourth-order valence-corrected chi connectivity index (χ4v) is 2.12. The lowest BCUT2D eigenvalue weighted by Crippen LogP contribution is -2.38. The number of aromatic nitrogens is 3. The van der Waals surface area contributed by atoms with Crippen molar-refractivity contribution in [3.8, 4) is 0 Å². The van der Waals surface area contributed by atoms with E-state index < -0.39 is 0 Å². The van der Waals surface area contributed by atoms with Crippen molar-refractivity contribution in [3.63, 3.8) is 0 Å². The summed E-state index contributed by atoms with van der Waals surface area (Å²) in [6.07, 6.45) is 5.69. The van der Waals surface area contributed by atoms with Gasteiger partial charge in [0, 0.05) is 24.5 Å². The van der Waals surface area contributed by atoms with Crippen molar-refractivity contribution in [2.75, 3.05) is 6.54 Å². The Morgan fingerprint density at radius 1 is 1.60 bits per heavy atom. The van der Waals surface area contributed by atoms with Gasteiger partial charge in [-0.1, -0.05) is 0 Å². The molecule has 2 heterocycles. The number of rotatable bonds is 4. The quantitative estimate of drug-likeness (QED) is 0.878. The molecule has 0 aromatic carbocycles. The summed E-state index contributed by atoms with van der Waals surface area (Å²) in [5.41, 5.74) is 7.90. The number of aryl methyl sites for hydroxylation is 1. The van der Waals surface area contributed by atoms with Gasteiger partial charge in [0.15, 0.2) is 5.65 Å². The Morgan fingerprint density at radius 3 is 3.05 bits per heavy atom. The van der Waals surface area contributed by atoms with Crippen LogP contribution in [0.2, 0.25) is 0 Å². The maximum absolute atomic E-state index is 12.1. The van der Waals surface area contributed by atoms with E-state index in [0.29, 0.717) is 23.7 Å². The largest absolute Gasteiger partial charge is 0.350 e. The van der Waals surface area contributed by atoms with Crippen LogP contribution < -0.4 is 11.1 Å². The number of amides is 1. The van der Waals surface area contributed by atoms with Crippen LogP contribution in [0.5, 0.6) is 0 Å². The molecule has 3 rings (SSSR count). The molecular weight excluding hydrogens is 278 g/mol. The molecule has 0 aliphatic heterocycles. The second-order valence-electron chi connectivity index (χ2n) is 5.11. The number of nitrogens with zero attached hydrogens (tertiary/aromatic N) is 3. The summed E-state index contributed by atoms with van der Waals surface area (Å²) in [4.78, 5) is 16.5. The Labute approximate surface area is 123 Å². The van der Waals surface area contributed by atoms with Gasteiger partial charge >= 0.3 is 0 Å². The number of carbonyl (C=O) groups is 1. The summed E-state index contributed by atoms with van der Waals surface area (Å²) in [7, 11) is 0. The van der Waals surface area contributed by atoms with E-state index in [4.69, 9.17) is 5.73 Å². The fourth-order valence-electron chi connectivity index (χ4n) is 2.12. The number of carbonyl (C=O) groups excluding carboxylic acids is 1. The topological polar surface area (TPSA) is 85.3 Å². The van der Waals surface area contributed by atoms with Crippen LogP contribution in [0.15, 0.2) is 18.5 Å². The minimum Gasteiger partial charge on any atom is -0.350 e. The van der Waals surface area contributed by atoms with Gasteiger partial charge in [-0.25, -0.2) is 9.50 Å². The molecule has 0 radical (unpaired) electrons. The highest BCUT2D eigenvalue weighted by atomic mass is 35.5. The Bertz CT molecular complexity index is 622. The van der Waals surface area contributed by atoms with Crippen LogP contribution in [0, 0.1) is 12.8 Å². The summed E-state index contributed by atoms with van der Waals surface area (Å²) < 4.78 is 1.60. The predicted molar refractivity (Wildman–Crippen MR) is 78.0 cm³/mol. The third-order valence-electron chi connectivity index (χ3n) is 3.48. The van der Waals surface area contributed by atoms with Crippen molar-refractivity contribution in [3.05, 3.63) is 29.7 Å². The van der Waals surface area contributed by atoms with Crippen LogP contribution in [-0.2, 0) is 0 Å². The zero-order valence-corrected chi connectivity index (χ0v) is 12.1. The van der Waals surface area contributed by atoms with Crippen molar-refractivity contribution >= 4 is 24.0 Å². The molecule has 1 saturated carbocycles. The summed E-state index contributed by atoms with van der Waals surface area (Å²) in [5, 5.41) is 6.98. The monoisotopic (exact) mass is 295 g/mol. The first kappa shape index (κ1) is 14.7. The third kappa shape index (κ3) is 2.91. The Kier molecular flexibility index (Phi) is 4.25. The average Bonchev–Trinajstić information content (AvgIpc) is 3.16. The lowest BCUT2D eigenvalue weighted by molar-refractivity contribution is 0.0951. The van der Waals surface area contributed by atoms with Crippen LogP contribution in [0.4, 0.5) is 0 Å². The van der Waals surface area contributed by atoms with Crippen molar-refractivity contribution in [1.29, 1.82) is 0 Å². The lowest BCUT2D eigenvalue weighted by Gasteiger charge is -2.10. The standard InChI is InChI=1S/C13H17N5O.ClH/c1-8-4-5-18-12(17-8)10(6-16-18)13(19)15-7-11(14)9-2-3-9;/h4-6,9,11H,2-3,7,14H2,1H3,(H,15,19);1H. The molecule has 1 atom stereocenters. The van der Waals surface area contributed by atoms with Gasteiger partial charge in [-0.15, -0.1) is 12.4 Å². The van der Waals surface area contributed by atoms with Gasteiger partial charge < -0.3 is 11.1 Å². The molecule has 0 bridgehead atoms. The molecule has 1 fully saturated rings. The molecule has 3 N–H and O–H groups in total. The van der Waals surface area contributed by atoms with Crippen molar-refractivity contribution in [2.45, 2.75) is 25.8 Å². The highest BCUT2D eigenvalue weighted by molar-refractivity contribution is 5.99. The first-order valence-electron chi connectivity index (χ1n) is 6.50. The second-order valence-corrected chi connectivity index (χ2v) is 5.11. The number of fused-ring (bicyclic) bond motifs is 1. The SMILES string of the molecule is Cc1ccn2ncc(C(=O)NCC(N)C3CC3)c2n1.Cl. The number of hydrogen-bond acceptors (Lipinski definition) is 4. The molecular formula is C13H18ClN5O. The normalized spacial score (nSPS) is 15.7. The van der Waals surface area contributed by atoms with Crippen molar-refractivity contribution in [2.24, 2.45) is 11.7 Å². The van der Waals surface area contributed by atoms with Gasteiger partial charge in [0.05, 0.1) is 6.20 Å². The smallest absolute Gasteiger partial charge is 0.256 e. The summed E-state index contributed by atoms with van der Waals surface area (Å²) in [6, 6.07) is 1.91. The number of nitrogens with two attached hydrogens (primary N) is 1. The first-order chi connectivity index (χ1) is 9.15. The van der Waals surface area contributed by atoms with E-state index in [1.807, 2.05) is 13.0 Å². The van der Waals surface area contributed by atoms with Crippen LogP contribution in [0.1, 0.15) is 28.9 Å². The maximum atomic E-state index is 12.1. The maximum Gasteiger partial charge on any atom is 0.256 e. The highest BCUT2D eigenvalue weighted by Gasteiger charge is 2.28. The molecule has 7 heteroatoms. The zero-order chi connectivity index (χ0) is 13.4. The molecule has 108 valence electrons. The minimum absolute atomic E-state index is 0. The summed E-state index contributed by atoms with van der Waals surface area (Å²) in [5.74, 6) is 0.411. The number of hydrogen-bond donors (Lipinski definition) is 2.